The molecule has 1 heterocycles. The molecule has 2 rings (SSSR count). The summed E-state index contributed by atoms with van der Waals surface area (Å²) in [5, 5.41) is 9.99. The van der Waals surface area contributed by atoms with Crippen molar-refractivity contribution in [3.05, 3.63) is 24.2 Å². The maximum absolute atomic E-state index is 9.99. The maximum atomic E-state index is 9.99. The molecule has 2 atom stereocenters. The van der Waals surface area contributed by atoms with E-state index in [0.29, 0.717) is 11.7 Å². The number of aliphatic hydroxyl groups excluding tert-OH is 1. The zero-order valence-corrected chi connectivity index (χ0v) is 9.64. The molecule has 0 spiro atoms. The van der Waals surface area contributed by atoms with Gasteiger partial charge in [0.1, 0.15) is 11.9 Å². The minimum Gasteiger partial charge on any atom is -0.467 e. The van der Waals surface area contributed by atoms with Crippen LogP contribution >= 0.6 is 0 Å². The molecule has 3 N–H and O–H groups in total. The van der Waals surface area contributed by atoms with Crippen molar-refractivity contribution in [3.8, 4) is 0 Å². The van der Waals surface area contributed by atoms with Gasteiger partial charge in [-0.15, -0.1) is 0 Å². The summed E-state index contributed by atoms with van der Waals surface area (Å²) in [6.45, 7) is 0. The van der Waals surface area contributed by atoms with Gasteiger partial charge in [-0.1, -0.05) is 32.1 Å². The van der Waals surface area contributed by atoms with Gasteiger partial charge in [0.15, 0.2) is 0 Å². The molecule has 0 radical (unpaired) electrons. The summed E-state index contributed by atoms with van der Waals surface area (Å²) in [6.07, 6.45) is 8.33. The van der Waals surface area contributed by atoms with Crippen molar-refractivity contribution in [2.24, 2.45) is 11.7 Å². The SMILES string of the molecule is NC(CC1CCCCC1)C(O)c1ccco1. The van der Waals surface area contributed by atoms with E-state index in [1.165, 1.54) is 32.1 Å². The number of aliphatic hydroxyl groups is 1. The summed E-state index contributed by atoms with van der Waals surface area (Å²) in [4.78, 5) is 0. The van der Waals surface area contributed by atoms with Crippen molar-refractivity contribution >= 4 is 0 Å². The highest BCUT2D eigenvalue weighted by molar-refractivity contribution is 5.04. The second kappa shape index (κ2) is 5.51. The molecule has 1 fully saturated rings. The lowest BCUT2D eigenvalue weighted by Gasteiger charge is -2.26. The molecule has 0 aliphatic heterocycles. The second-order valence-electron chi connectivity index (χ2n) is 4.86. The Morgan fingerprint density at radius 3 is 2.75 bits per heavy atom. The highest BCUT2D eigenvalue weighted by Crippen LogP contribution is 2.29. The Balaban J connectivity index is 1.84. The van der Waals surface area contributed by atoms with E-state index in [4.69, 9.17) is 10.2 Å². The van der Waals surface area contributed by atoms with Crippen LogP contribution in [0.4, 0.5) is 0 Å². The summed E-state index contributed by atoms with van der Waals surface area (Å²) < 4.78 is 5.18. The molecule has 1 aromatic rings. The quantitative estimate of drug-likeness (QED) is 0.824. The average molecular weight is 223 g/mol. The smallest absolute Gasteiger partial charge is 0.133 e. The van der Waals surface area contributed by atoms with Crippen molar-refractivity contribution in [1.29, 1.82) is 0 Å². The maximum Gasteiger partial charge on any atom is 0.133 e. The zero-order chi connectivity index (χ0) is 11.4. The van der Waals surface area contributed by atoms with Crippen molar-refractivity contribution in [2.75, 3.05) is 0 Å². The van der Waals surface area contributed by atoms with Gasteiger partial charge < -0.3 is 15.3 Å². The molecule has 16 heavy (non-hydrogen) atoms. The highest BCUT2D eigenvalue weighted by atomic mass is 16.4. The van der Waals surface area contributed by atoms with Crippen molar-refractivity contribution in [3.63, 3.8) is 0 Å². The van der Waals surface area contributed by atoms with Gasteiger partial charge in [-0.05, 0) is 24.5 Å². The largest absolute Gasteiger partial charge is 0.467 e. The first-order valence-electron chi connectivity index (χ1n) is 6.24. The predicted octanol–water partition coefficient (Wildman–Crippen LogP) is 2.61. The standard InChI is InChI=1S/C13H21NO2/c14-11(9-10-5-2-1-3-6-10)13(15)12-7-4-8-16-12/h4,7-8,10-11,13,15H,1-3,5-6,9,14H2. The van der Waals surface area contributed by atoms with Gasteiger partial charge in [-0.25, -0.2) is 0 Å². The molecule has 0 amide bonds. The molecule has 1 saturated carbocycles. The Hall–Kier alpha value is -0.800. The van der Waals surface area contributed by atoms with E-state index in [2.05, 4.69) is 0 Å². The number of hydrogen-bond donors (Lipinski definition) is 2. The fraction of sp³-hybridized carbons (Fsp3) is 0.692. The summed E-state index contributed by atoms with van der Waals surface area (Å²) in [7, 11) is 0. The van der Waals surface area contributed by atoms with Crippen LogP contribution in [0.2, 0.25) is 0 Å². The van der Waals surface area contributed by atoms with E-state index < -0.39 is 6.10 Å². The van der Waals surface area contributed by atoms with Crippen LogP contribution in [0.1, 0.15) is 50.4 Å². The second-order valence-corrected chi connectivity index (χ2v) is 4.86. The van der Waals surface area contributed by atoms with Crippen LogP contribution < -0.4 is 5.73 Å². The van der Waals surface area contributed by atoms with Crippen molar-refractivity contribution in [2.45, 2.75) is 50.7 Å². The number of nitrogens with two attached hydrogens (primary N) is 1. The molecule has 90 valence electrons. The van der Waals surface area contributed by atoms with E-state index in [9.17, 15) is 5.11 Å². The van der Waals surface area contributed by atoms with Crippen molar-refractivity contribution in [1.82, 2.24) is 0 Å². The molecule has 0 aromatic carbocycles. The lowest BCUT2D eigenvalue weighted by Crippen LogP contribution is -2.31. The highest BCUT2D eigenvalue weighted by Gasteiger charge is 2.24. The molecular weight excluding hydrogens is 202 g/mol. The van der Waals surface area contributed by atoms with Crippen molar-refractivity contribution < 1.29 is 9.52 Å². The van der Waals surface area contributed by atoms with Crippen LogP contribution in [0.5, 0.6) is 0 Å². The van der Waals surface area contributed by atoms with Crippen LogP contribution in [0, 0.1) is 5.92 Å². The fourth-order valence-electron chi connectivity index (χ4n) is 2.61. The van der Waals surface area contributed by atoms with Gasteiger partial charge in [0.25, 0.3) is 0 Å². The minimum atomic E-state index is -0.656. The topological polar surface area (TPSA) is 59.4 Å². The third kappa shape index (κ3) is 2.86. The van der Waals surface area contributed by atoms with Gasteiger partial charge in [-0.2, -0.15) is 0 Å². The lowest BCUT2D eigenvalue weighted by molar-refractivity contribution is 0.106. The van der Waals surface area contributed by atoms with Gasteiger partial charge >= 0.3 is 0 Å². The van der Waals surface area contributed by atoms with Crippen LogP contribution in [0.15, 0.2) is 22.8 Å². The van der Waals surface area contributed by atoms with E-state index in [-0.39, 0.29) is 6.04 Å². The molecule has 3 nitrogen and oxygen atoms in total. The zero-order valence-electron chi connectivity index (χ0n) is 9.64. The Bertz CT molecular complexity index is 291. The first kappa shape index (κ1) is 11.7. The predicted molar refractivity (Wildman–Crippen MR) is 62.8 cm³/mol. The Kier molecular flexibility index (Phi) is 4.02. The van der Waals surface area contributed by atoms with Crippen LogP contribution in [0.25, 0.3) is 0 Å². The van der Waals surface area contributed by atoms with E-state index in [0.717, 1.165) is 6.42 Å². The molecule has 2 unspecified atom stereocenters. The van der Waals surface area contributed by atoms with E-state index in [1.54, 1.807) is 18.4 Å². The lowest BCUT2D eigenvalue weighted by atomic mass is 9.84. The van der Waals surface area contributed by atoms with E-state index >= 15 is 0 Å². The first-order valence-corrected chi connectivity index (χ1v) is 6.24. The number of furan rings is 1. The normalized spacial score (nSPS) is 21.9. The van der Waals surface area contributed by atoms with Gasteiger partial charge in [0.05, 0.1) is 6.26 Å². The molecule has 1 aliphatic carbocycles. The third-order valence-corrected chi connectivity index (χ3v) is 3.57. The number of hydrogen-bond acceptors (Lipinski definition) is 3. The van der Waals surface area contributed by atoms with Gasteiger partial charge in [-0.3, -0.25) is 0 Å². The fourth-order valence-corrected chi connectivity index (χ4v) is 2.61. The Morgan fingerprint density at radius 1 is 1.38 bits per heavy atom. The molecular formula is C13H21NO2. The Morgan fingerprint density at radius 2 is 2.12 bits per heavy atom. The summed E-state index contributed by atoms with van der Waals surface area (Å²) in [5.74, 6) is 1.27. The van der Waals surface area contributed by atoms with E-state index in [1.807, 2.05) is 0 Å². The first-order chi connectivity index (χ1) is 7.77. The Labute approximate surface area is 96.6 Å². The number of rotatable bonds is 4. The molecule has 0 saturated heterocycles. The minimum absolute atomic E-state index is 0.200. The molecule has 3 heteroatoms. The summed E-state index contributed by atoms with van der Waals surface area (Å²) >= 11 is 0. The van der Waals surface area contributed by atoms with Gasteiger partial charge in [0, 0.05) is 6.04 Å². The molecule has 1 aromatic heterocycles. The molecule has 1 aliphatic rings. The van der Waals surface area contributed by atoms with Gasteiger partial charge in [0.2, 0.25) is 0 Å². The molecule has 0 bridgehead atoms. The third-order valence-electron chi connectivity index (χ3n) is 3.57. The van der Waals surface area contributed by atoms with Crippen LogP contribution in [0.3, 0.4) is 0 Å². The monoisotopic (exact) mass is 223 g/mol. The summed E-state index contributed by atoms with van der Waals surface area (Å²) in [5.41, 5.74) is 6.03. The summed E-state index contributed by atoms with van der Waals surface area (Å²) in [6, 6.07) is 3.37. The van der Waals surface area contributed by atoms with Crippen LogP contribution in [-0.2, 0) is 0 Å². The average Bonchev–Trinajstić information content (AvgIpc) is 2.83. The van der Waals surface area contributed by atoms with Crippen LogP contribution in [-0.4, -0.2) is 11.1 Å².